The van der Waals surface area contributed by atoms with Gasteiger partial charge >= 0.3 is 5.63 Å². The molecule has 0 N–H and O–H groups in total. The van der Waals surface area contributed by atoms with Crippen molar-refractivity contribution in [3.05, 3.63) is 94.0 Å². The van der Waals surface area contributed by atoms with Crippen molar-refractivity contribution in [2.45, 2.75) is 13.3 Å². The molecule has 0 aliphatic carbocycles. The molecule has 0 saturated carbocycles. The van der Waals surface area contributed by atoms with E-state index in [1.807, 2.05) is 55.5 Å². The molecule has 1 heterocycles. The van der Waals surface area contributed by atoms with Gasteiger partial charge in [0.1, 0.15) is 0 Å². The van der Waals surface area contributed by atoms with Crippen LogP contribution in [0.3, 0.4) is 0 Å². The van der Waals surface area contributed by atoms with E-state index < -0.39 is 5.63 Å². The Labute approximate surface area is 144 Å². The fraction of sp³-hybridized carbons (Fsp3) is 0.0909. The zero-order chi connectivity index (χ0) is 17.4. The summed E-state index contributed by atoms with van der Waals surface area (Å²) in [5, 5.41) is 3.34. The number of hydrogen-bond donors (Lipinski definition) is 0. The first-order valence-corrected chi connectivity index (χ1v) is 8.27. The standard InChI is InChI=1S/C22H16O3/c1-2-17-18-9-5-6-10-19(18)22(24)25-21(17)20(23)16-12-11-14-7-3-4-8-15(14)13-16/h3-13H,2H2,1H3. The Morgan fingerprint density at radius 1 is 0.880 bits per heavy atom. The van der Waals surface area contributed by atoms with Gasteiger partial charge in [-0.2, -0.15) is 0 Å². The smallest absolute Gasteiger partial charge is 0.344 e. The van der Waals surface area contributed by atoms with Crippen LogP contribution in [0.5, 0.6) is 0 Å². The lowest BCUT2D eigenvalue weighted by Gasteiger charge is -2.09. The maximum Gasteiger partial charge on any atom is 0.344 e. The van der Waals surface area contributed by atoms with Gasteiger partial charge in [-0.05, 0) is 34.7 Å². The van der Waals surface area contributed by atoms with E-state index in [4.69, 9.17) is 4.42 Å². The third kappa shape index (κ3) is 2.54. The van der Waals surface area contributed by atoms with E-state index in [-0.39, 0.29) is 11.5 Å². The second-order valence-electron chi connectivity index (χ2n) is 5.99. The van der Waals surface area contributed by atoms with Crippen LogP contribution < -0.4 is 5.63 Å². The van der Waals surface area contributed by atoms with E-state index in [1.54, 1.807) is 18.2 Å². The van der Waals surface area contributed by atoms with E-state index in [0.29, 0.717) is 17.4 Å². The Morgan fingerprint density at radius 3 is 2.32 bits per heavy atom. The summed E-state index contributed by atoms with van der Waals surface area (Å²) in [6.07, 6.45) is 0.610. The zero-order valence-electron chi connectivity index (χ0n) is 13.8. The van der Waals surface area contributed by atoms with E-state index >= 15 is 0 Å². The van der Waals surface area contributed by atoms with Crippen LogP contribution in [-0.4, -0.2) is 5.78 Å². The van der Waals surface area contributed by atoms with Gasteiger partial charge in [0, 0.05) is 11.1 Å². The number of carbonyl (C=O) groups is 1. The fourth-order valence-corrected chi connectivity index (χ4v) is 3.25. The van der Waals surface area contributed by atoms with E-state index in [2.05, 4.69) is 0 Å². The highest BCUT2D eigenvalue weighted by molar-refractivity contribution is 6.11. The molecule has 0 amide bonds. The summed E-state index contributed by atoms with van der Waals surface area (Å²) in [7, 11) is 0. The van der Waals surface area contributed by atoms with Crippen LogP contribution >= 0.6 is 0 Å². The first-order chi connectivity index (χ1) is 12.2. The van der Waals surface area contributed by atoms with Crippen molar-refractivity contribution < 1.29 is 9.21 Å². The third-order valence-electron chi connectivity index (χ3n) is 4.51. The summed E-state index contributed by atoms with van der Waals surface area (Å²) in [6, 6.07) is 20.6. The first-order valence-electron chi connectivity index (χ1n) is 8.27. The molecule has 0 aliphatic heterocycles. The van der Waals surface area contributed by atoms with Crippen LogP contribution in [0.25, 0.3) is 21.5 Å². The van der Waals surface area contributed by atoms with Gasteiger partial charge in [0.05, 0.1) is 5.39 Å². The van der Waals surface area contributed by atoms with Crippen molar-refractivity contribution in [2.24, 2.45) is 0 Å². The molecule has 0 fully saturated rings. The molecule has 4 aromatic rings. The summed E-state index contributed by atoms with van der Waals surface area (Å²) in [6.45, 7) is 1.96. The molecular weight excluding hydrogens is 312 g/mol. The average Bonchev–Trinajstić information content (AvgIpc) is 2.67. The van der Waals surface area contributed by atoms with Gasteiger partial charge in [-0.1, -0.05) is 61.5 Å². The normalized spacial score (nSPS) is 11.1. The lowest BCUT2D eigenvalue weighted by Crippen LogP contribution is -2.12. The summed E-state index contributed by atoms with van der Waals surface area (Å²) < 4.78 is 5.44. The van der Waals surface area contributed by atoms with Crippen molar-refractivity contribution in [2.75, 3.05) is 0 Å². The van der Waals surface area contributed by atoms with Crippen molar-refractivity contribution in [3.63, 3.8) is 0 Å². The minimum absolute atomic E-state index is 0.140. The van der Waals surface area contributed by atoms with E-state index in [0.717, 1.165) is 21.7 Å². The number of rotatable bonds is 3. The number of hydrogen-bond acceptors (Lipinski definition) is 3. The highest BCUT2D eigenvalue weighted by Crippen LogP contribution is 2.24. The minimum Gasteiger partial charge on any atom is -0.418 e. The first kappa shape index (κ1) is 15.3. The second-order valence-corrected chi connectivity index (χ2v) is 5.99. The number of aryl methyl sites for hydroxylation is 1. The molecule has 0 saturated heterocycles. The molecule has 0 radical (unpaired) electrons. The molecule has 3 aromatic carbocycles. The molecule has 0 aliphatic rings. The molecule has 25 heavy (non-hydrogen) atoms. The molecular formula is C22H16O3. The Morgan fingerprint density at radius 2 is 1.56 bits per heavy atom. The summed E-state index contributed by atoms with van der Waals surface area (Å²) in [5.74, 6) is -0.119. The fourth-order valence-electron chi connectivity index (χ4n) is 3.25. The molecule has 0 unspecified atom stereocenters. The molecule has 0 atom stereocenters. The lowest BCUT2D eigenvalue weighted by molar-refractivity contribution is 0.100. The van der Waals surface area contributed by atoms with Gasteiger partial charge in [0.2, 0.25) is 5.78 Å². The van der Waals surface area contributed by atoms with Gasteiger partial charge in [-0.25, -0.2) is 4.79 Å². The predicted molar refractivity (Wildman–Crippen MR) is 99.2 cm³/mol. The lowest BCUT2D eigenvalue weighted by atomic mass is 9.97. The van der Waals surface area contributed by atoms with Crippen molar-refractivity contribution in [3.8, 4) is 0 Å². The summed E-state index contributed by atoms with van der Waals surface area (Å²) >= 11 is 0. The van der Waals surface area contributed by atoms with Gasteiger partial charge < -0.3 is 4.42 Å². The highest BCUT2D eigenvalue weighted by atomic mass is 16.4. The van der Waals surface area contributed by atoms with Gasteiger partial charge in [-0.15, -0.1) is 0 Å². The number of benzene rings is 3. The Balaban J connectivity index is 1.93. The maximum atomic E-state index is 13.0. The summed E-state index contributed by atoms with van der Waals surface area (Å²) in [5.41, 5.74) is 0.817. The SMILES string of the molecule is CCc1c(C(=O)c2ccc3ccccc3c2)oc(=O)c2ccccc12. The van der Waals surface area contributed by atoms with Crippen LogP contribution in [0.2, 0.25) is 0 Å². The van der Waals surface area contributed by atoms with Crippen LogP contribution in [0, 0.1) is 0 Å². The second kappa shape index (κ2) is 6.02. The number of carbonyl (C=O) groups excluding carboxylic acids is 1. The average molecular weight is 328 g/mol. The van der Waals surface area contributed by atoms with E-state index in [1.165, 1.54) is 0 Å². The molecule has 122 valence electrons. The minimum atomic E-state index is -0.475. The largest absolute Gasteiger partial charge is 0.418 e. The highest BCUT2D eigenvalue weighted by Gasteiger charge is 2.20. The Hall–Kier alpha value is -3.20. The number of fused-ring (bicyclic) bond motifs is 2. The van der Waals surface area contributed by atoms with Crippen LogP contribution in [0.15, 0.2) is 75.9 Å². The van der Waals surface area contributed by atoms with Gasteiger partial charge in [-0.3, -0.25) is 4.79 Å². The third-order valence-corrected chi connectivity index (χ3v) is 4.51. The maximum absolute atomic E-state index is 13.0. The molecule has 0 spiro atoms. The van der Waals surface area contributed by atoms with Gasteiger partial charge in [0.25, 0.3) is 0 Å². The molecule has 3 heteroatoms. The molecule has 3 nitrogen and oxygen atoms in total. The summed E-state index contributed by atoms with van der Waals surface area (Å²) in [4.78, 5) is 25.3. The van der Waals surface area contributed by atoms with Crippen LogP contribution in [0.4, 0.5) is 0 Å². The Bertz CT molecular complexity index is 1170. The number of ketones is 1. The predicted octanol–water partition coefficient (Wildman–Crippen LogP) is 4.74. The van der Waals surface area contributed by atoms with Crippen molar-refractivity contribution in [1.82, 2.24) is 0 Å². The van der Waals surface area contributed by atoms with Crippen LogP contribution in [0.1, 0.15) is 28.6 Å². The molecule has 1 aromatic heterocycles. The van der Waals surface area contributed by atoms with Crippen LogP contribution in [-0.2, 0) is 6.42 Å². The van der Waals surface area contributed by atoms with E-state index in [9.17, 15) is 9.59 Å². The van der Waals surface area contributed by atoms with Crippen molar-refractivity contribution in [1.29, 1.82) is 0 Å². The van der Waals surface area contributed by atoms with Gasteiger partial charge in [0.15, 0.2) is 5.76 Å². The Kier molecular flexibility index (Phi) is 3.69. The monoisotopic (exact) mass is 328 g/mol. The van der Waals surface area contributed by atoms with Crippen molar-refractivity contribution >= 4 is 27.3 Å². The molecule has 4 rings (SSSR count). The molecule has 0 bridgehead atoms. The topological polar surface area (TPSA) is 47.3 Å². The zero-order valence-corrected chi connectivity index (χ0v) is 13.8. The quantitative estimate of drug-likeness (QED) is 0.510.